The lowest BCUT2D eigenvalue weighted by molar-refractivity contribution is 0.0496. The molecular weight excluding hydrogens is 388 g/mol. The van der Waals surface area contributed by atoms with Crippen LogP contribution in [0.2, 0.25) is 0 Å². The third kappa shape index (κ3) is 10.4. The van der Waals surface area contributed by atoms with E-state index in [2.05, 4.69) is 6.92 Å². The van der Waals surface area contributed by atoms with Crippen molar-refractivity contribution in [1.29, 1.82) is 0 Å². The van der Waals surface area contributed by atoms with Crippen LogP contribution in [0, 0.1) is 6.92 Å². The number of para-hydroxylation sites is 1. The van der Waals surface area contributed by atoms with Gasteiger partial charge in [0.25, 0.3) is 0 Å². The lowest BCUT2D eigenvalue weighted by Gasteiger charge is -2.11. The zero-order chi connectivity index (χ0) is 22.2. The number of carbonyl (C=O) groups is 1. The molecule has 0 aliphatic heterocycles. The molecule has 0 N–H and O–H groups in total. The van der Waals surface area contributed by atoms with Crippen molar-refractivity contribution in [3.63, 3.8) is 0 Å². The topological polar surface area (TPSA) is 44.8 Å². The third-order valence-electron chi connectivity index (χ3n) is 5.26. The highest BCUT2D eigenvalue weighted by molar-refractivity contribution is 5.91. The van der Waals surface area contributed by atoms with E-state index in [0.29, 0.717) is 25.4 Å². The van der Waals surface area contributed by atoms with E-state index in [9.17, 15) is 4.79 Å². The van der Waals surface area contributed by atoms with Gasteiger partial charge in [0, 0.05) is 0 Å². The molecule has 170 valence electrons. The molecule has 2 aromatic rings. The minimum absolute atomic E-state index is 0.254. The second-order valence-corrected chi connectivity index (χ2v) is 7.95. The molecule has 0 spiro atoms. The van der Waals surface area contributed by atoms with Gasteiger partial charge >= 0.3 is 5.97 Å². The van der Waals surface area contributed by atoms with Crippen LogP contribution in [0.15, 0.2) is 48.5 Å². The number of hydrogen-bond donors (Lipinski definition) is 0. The van der Waals surface area contributed by atoms with Crippen LogP contribution in [-0.4, -0.2) is 25.8 Å². The van der Waals surface area contributed by atoms with Crippen LogP contribution in [0.4, 0.5) is 0 Å². The van der Waals surface area contributed by atoms with E-state index in [0.717, 1.165) is 29.9 Å². The third-order valence-corrected chi connectivity index (χ3v) is 5.26. The summed E-state index contributed by atoms with van der Waals surface area (Å²) in [5.74, 6) is 1.30. The predicted octanol–water partition coefficient (Wildman–Crippen LogP) is 7.14. The Labute approximate surface area is 187 Å². The number of ether oxygens (including phenoxy) is 3. The van der Waals surface area contributed by atoms with Gasteiger partial charge in [-0.1, -0.05) is 76.5 Å². The summed E-state index contributed by atoms with van der Waals surface area (Å²) in [5, 5.41) is 0. The van der Waals surface area contributed by atoms with Gasteiger partial charge in [-0.25, -0.2) is 4.79 Å². The maximum atomic E-state index is 12.3. The summed E-state index contributed by atoms with van der Waals surface area (Å²) in [6.45, 7) is 5.54. The molecule has 0 amide bonds. The van der Waals surface area contributed by atoms with Gasteiger partial charge in [-0.15, -0.1) is 0 Å². The minimum atomic E-state index is -0.254. The molecule has 4 nitrogen and oxygen atoms in total. The number of aryl methyl sites for hydroxylation is 1. The standard InChI is InChI=1S/C27H38O4/c1-3-4-5-6-7-8-9-10-14-19-31-27(28)26-18-17-25(22-23(26)2)30-21-20-29-24-15-12-11-13-16-24/h11-13,15-18,22H,3-10,14,19-21H2,1-2H3. The van der Waals surface area contributed by atoms with Crippen molar-refractivity contribution >= 4 is 5.97 Å². The molecule has 0 aromatic heterocycles. The molecule has 0 unspecified atom stereocenters. The molecule has 0 atom stereocenters. The minimum Gasteiger partial charge on any atom is -0.490 e. The zero-order valence-corrected chi connectivity index (χ0v) is 19.2. The molecule has 2 aromatic carbocycles. The quantitative estimate of drug-likeness (QED) is 0.211. The van der Waals surface area contributed by atoms with Crippen LogP contribution >= 0.6 is 0 Å². The summed E-state index contributed by atoms with van der Waals surface area (Å²) in [7, 11) is 0. The van der Waals surface area contributed by atoms with Crippen LogP contribution < -0.4 is 9.47 Å². The zero-order valence-electron chi connectivity index (χ0n) is 19.2. The fourth-order valence-corrected chi connectivity index (χ4v) is 3.45. The van der Waals surface area contributed by atoms with Gasteiger partial charge in [-0.3, -0.25) is 0 Å². The van der Waals surface area contributed by atoms with Crippen molar-refractivity contribution in [3.8, 4) is 11.5 Å². The van der Waals surface area contributed by atoms with Gasteiger partial charge in [-0.2, -0.15) is 0 Å². The van der Waals surface area contributed by atoms with Crippen molar-refractivity contribution in [2.45, 2.75) is 71.6 Å². The summed E-state index contributed by atoms with van der Waals surface area (Å²) >= 11 is 0. The predicted molar refractivity (Wildman–Crippen MR) is 126 cm³/mol. The summed E-state index contributed by atoms with van der Waals surface area (Å²) in [4.78, 5) is 12.3. The molecule has 0 saturated carbocycles. The van der Waals surface area contributed by atoms with Gasteiger partial charge in [0.05, 0.1) is 12.2 Å². The summed E-state index contributed by atoms with van der Waals surface area (Å²) < 4.78 is 16.8. The van der Waals surface area contributed by atoms with E-state index in [1.165, 1.54) is 44.9 Å². The molecule has 0 radical (unpaired) electrons. The summed E-state index contributed by atoms with van der Waals surface area (Å²) in [6.07, 6.45) is 11.2. The second-order valence-electron chi connectivity index (χ2n) is 7.95. The molecule has 0 heterocycles. The molecule has 0 aliphatic carbocycles. The van der Waals surface area contributed by atoms with Gasteiger partial charge < -0.3 is 14.2 Å². The summed E-state index contributed by atoms with van der Waals surface area (Å²) in [6, 6.07) is 15.1. The monoisotopic (exact) mass is 426 g/mol. The van der Waals surface area contributed by atoms with E-state index in [4.69, 9.17) is 14.2 Å². The Hall–Kier alpha value is -2.49. The first-order valence-electron chi connectivity index (χ1n) is 11.8. The van der Waals surface area contributed by atoms with E-state index < -0.39 is 0 Å². The second kappa shape index (κ2) is 15.3. The Kier molecular flexibility index (Phi) is 12.3. The molecule has 4 heteroatoms. The number of carbonyl (C=O) groups excluding carboxylic acids is 1. The molecule has 0 bridgehead atoms. The van der Waals surface area contributed by atoms with Crippen molar-refractivity contribution in [1.82, 2.24) is 0 Å². The van der Waals surface area contributed by atoms with E-state index in [1.807, 2.05) is 49.4 Å². The normalized spacial score (nSPS) is 10.6. The first-order valence-corrected chi connectivity index (χ1v) is 11.8. The first-order chi connectivity index (χ1) is 15.2. The maximum absolute atomic E-state index is 12.3. The van der Waals surface area contributed by atoms with Crippen LogP contribution in [0.25, 0.3) is 0 Å². The van der Waals surface area contributed by atoms with E-state index in [1.54, 1.807) is 6.07 Å². The van der Waals surface area contributed by atoms with Crippen LogP contribution in [0.3, 0.4) is 0 Å². The largest absolute Gasteiger partial charge is 0.490 e. The molecule has 31 heavy (non-hydrogen) atoms. The Morgan fingerprint density at radius 1 is 0.710 bits per heavy atom. The summed E-state index contributed by atoms with van der Waals surface area (Å²) in [5.41, 5.74) is 1.46. The molecular formula is C27H38O4. The van der Waals surface area contributed by atoms with Crippen molar-refractivity contribution in [2.75, 3.05) is 19.8 Å². The van der Waals surface area contributed by atoms with Gasteiger partial charge in [0.1, 0.15) is 24.7 Å². The highest BCUT2D eigenvalue weighted by atomic mass is 16.5. The Morgan fingerprint density at radius 2 is 1.32 bits per heavy atom. The number of unbranched alkanes of at least 4 members (excludes halogenated alkanes) is 8. The lowest BCUT2D eigenvalue weighted by atomic mass is 10.1. The average molecular weight is 427 g/mol. The SMILES string of the molecule is CCCCCCCCCCCOC(=O)c1ccc(OCCOc2ccccc2)cc1C. The fourth-order valence-electron chi connectivity index (χ4n) is 3.45. The van der Waals surface area contributed by atoms with Crippen molar-refractivity contribution in [2.24, 2.45) is 0 Å². The van der Waals surface area contributed by atoms with Crippen molar-refractivity contribution < 1.29 is 19.0 Å². The number of hydrogen-bond acceptors (Lipinski definition) is 4. The number of esters is 1. The van der Waals surface area contributed by atoms with E-state index in [-0.39, 0.29) is 5.97 Å². The van der Waals surface area contributed by atoms with Crippen LogP contribution in [-0.2, 0) is 4.74 Å². The highest BCUT2D eigenvalue weighted by Crippen LogP contribution is 2.19. The first kappa shape index (κ1) is 24.8. The van der Waals surface area contributed by atoms with Crippen molar-refractivity contribution in [3.05, 3.63) is 59.7 Å². The lowest BCUT2D eigenvalue weighted by Crippen LogP contribution is -2.10. The Morgan fingerprint density at radius 3 is 1.97 bits per heavy atom. The van der Waals surface area contributed by atoms with E-state index >= 15 is 0 Å². The van der Waals surface area contributed by atoms with Crippen LogP contribution in [0.5, 0.6) is 11.5 Å². The fraction of sp³-hybridized carbons (Fsp3) is 0.519. The van der Waals surface area contributed by atoms with Gasteiger partial charge in [-0.05, 0) is 49.2 Å². The van der Waals surface area contributed by atoms with Crippen LogP contribution in [0.1, 0.15) is 80.6 Å². The number of benzene rings is 2. The molecule has 0 aliphatic rings. The smallest absolute Gasteiger partial charge is 0.338 e. The Bertz CT molecular complexity index is 742. The molecule has 0 saturated heterocycles. The number of rotatable bonds is 16. The highest BCUT2D eigenvalue weighted by Gasteiger charge is 2.11. The average Bonchev–Trinajstić information content (AvgIpc) is 2.78. The molecule has 0 fully saturated rings. The van der Waals surface area contributed by atoms with Gasteiger partial charge in [0.15, 0.2) is 0 Å². The van der Waals surface area contributed by atoms with Gasteiger partial charge in [0.2, 0.25) is 0 Å². The molecule has 2 rings (SSSR count). The maximum Gasteiger partial charge on any atom is 0.338 e. The Balaban J connectivity index is 1.59.